The van der Waals surface area contributed by atoms with Gasteiger partial charge in [0, 0.05) is 0 Å². The standard InChI is InChI=1S/C21H45N/c1-4-7-9-10-11-12-13-17-21(16-6-3)18-15-20-22-19-14-8-5-2/h21-22H,4-20H2,1-3H3. The minimum Gasteiger partial charge on any atom is -0.317 e. The Balaban J connectivity index is 3.44. The highest BCUT2D eigenvalue weighted by Crippen LogP contribution is 2.21. The van der Waals surface area contributed by atoms with Gasteiger partial charge >= 0.3 is 0 Å². The van der Waals surface area contributed by atoms with Crippen molar-refractivity contribution < 1.29 is 0 Å². The summed E-state index contributed by atoms with van der Waals surface area (Å²) >= 11 is 0. The number of rotatable bonds is 18. The molecule has 0 radical (unpaired) electrons. The van der Waals surface area contributed by atoms with Gasteiger partial charge in [-0.05, 0) is 38.3 Å². The zero-order valence-corrected chi connectivity index (χ0v) is 16.1. The van der Waals surface area contributed by atoms with Gasteiger partial charge in [0.25, 0.3) is 0 Å². The normalized spacial score (nSPS) is 12.7. The molecule has 0 aliphatic heterocycles. The molecule has 0 heterocycles. The second-order valence-electron chi connectivity index (χ2n) is 7.16. The molecule has 0 amide bonds. The molecule has 1 nitrogen and oxygen atoms in total. The van der Waals surface area contributed by atoms with Crippen molar-refractivity contribution in [3.63, 3.8) is 0 Å². The molecule has 1 atom stereocenters. The maximum Gasteiger partial charge on any atom is -0.00488 e. The molecule has 1 heteroatoms. The summed E-state index contributed by atoms with van der Waals surface area (Å²) in [5.74, 6) is 0.998. The molecule has 0 aromatic rings. The van der Waals surface area contributed by atoms with E-state index in [1.807, 2.05) is 0 Å². The monoisotopic (exact) mass is 311 g/mol. The molecule has 22 heavy (non-hydrogen) atoms. The topological polar surface area (TPSA) is 12.0 Å². The summed E-state index contributed by atoms with van der Waals surface area (Å²) in [6.07, 6.45) is 21.3. The lowest BCUT2D eigenvalue weighted by Crippen LogP contribution is -2.17. The molecule has 0 bridgehead atoms. The van der Waals surface area contributed by atoms with Crippen LogP contribution in [0.2, 0.25) is 0 Å². The van der Waals surface area contributed by atoms with Crippen molar-refractivity contribution in [3.05, 3.63) is 0 Å². The quantitative estimate of drug-likeness (QED) is 0.266. The molecule has 0 saturated heterocycles. The Labute approximate surface area is 142 Å². The molecule has 0 spiro atoms. The molecule has 0 aromatic heterocycles. The lowest BCUT2D eigenvalue weighted by Gasteiger charge is -2.16. The first-order valence-corrected chi connectivity index (χ1v) is 10.6. The van der Waals surface area contributed by atoms with Gasteiger partial charge in [0.05, 0.1) is 0 Å². The summed E-state index contributed by atoms with van der Waals surface area (Å²) in [5, 5.41) is 3.61. The van der Waals surface area contributed by atoms with E-state index in [4.69, 9.17) is 0 Å². The second kappa shape index (κ2) is 19.0. The van der Waals surface area contributed by atoms with E-state index in [0.717, 1.165) is 5.92 Å². The van der Waals surface area contributed by atoms with Crippen molar-refractivity contribution in [1.82, 2.24) is 5.32 Å². The number of hydrogen-bond acceptors (Lipinski definition) is 1. The van der Waals surface area contributed by atoms with Crippen LogP contribution in [0.15, 0.2) is 0 Å². The first-order chi connectivity index (χ1) is 10.8. The van der Waals surface area contributed by atoms with Crippen molar-refractivity contribution in [2.24, 2.45) is 5.92 Å². The highest BCUT2D eigenvalue weighted by molar-refractivity contribution is 4.61. The van der Waals surface area contributed by atoms with Gasteiger partial charge in [-0.25, -0.2) is 0 Å². The molecular formula is C21H45N. The Morgan fingerprint density at radius 1 is 0.500 bits per heavy atom. The third-order valence-electron chi connectivity index (χ3n) is 4.84. The van der Waals surface area contributed by atoms with Crippen LogP contribution in [0.4, 0.5) is 0 Å². The summed E-state index contributed by atoms with van der Waals surface area (Å²) in [6, 6.07) is 0. The Morgan fingerprint density at radius 2 is 1.05 bits per heavy atom. The molecular weight excluding hydrogens is 266 g/mol. The Bertz CT molecular complexity index is 172. The Hall–Kier alpha value is -0.0400. The highest BCUT2D eigenvalue weighted by Gasteiger charge is 2.07. The van der Waals surface area contributed by atoms with E-state index in [-0.39, 0.29) is 0 Å². The van der Waals surface area contributed by atoms with Crippen LogP contribution >= 0.6 is 0 Å². The predicted octanol–water partition coefficient (Wildman–Crippen LogP) is 7.10. The molecule has 134 valence electrons. The van der Waals surface area contributed by atoms with E-state index < -0.39 is 0 Å². The van der Waals surface area contributed by atoms with Crippen LogP contribution in [0.5, 0.6) is 0 Å². The maximum absolute atomic E-state index is 3.61. The fourth-order valence-corrected chi connectivity index (χ4v) is 3.37. The van der Waals surface area contributed by atoms with E-state index in [1.165, 1.54) is 109 Å². The van der Waals surface area contributed by atoms with Crippen molar-refractivity contribution in [3.8, 4) is 0 Å². The largest absolute Gasteiger partial charge is 0.317 e. The molecule has 0 fully saturated rings. The van der Waals surface area contributed by atoms with Gasteiger partial charge in [0.15, 0.2) is 0 Å². The number of nitrogens with one attached hydrogen (secondary N) is 1. The minimum absolute atomic E-state index is 0.998. The Kier molecular flexibility index (Phi) is 19.0. The van der Waals surface area contributed by atoms with Crippen molar-refractivity contribution in [2.45, 2.75) is 117 Å². The van der Waals surface area contributed by atoms with Gasteiger partial charge in [-0.2, -0.15) is 0 Å². The van der Waals surface area contributed by atoms with Crippen LogP contribution in [-0.2, 0) is 0 Å². The van der Waals surface area contributed by atoms with Gasteiger partial charge in [0.1, 0.15) is 0 Å². The number of hydrogen-bond donors (Lipinski definition) is 1. The summed E-state index contributed by atoms with van der Waals surface area (Å²) in [7, 11) is 0. The molecule has 0 aliphatic rings. The van der Waals surface area contributed by atoms with Crippen LogP contribution in [0, 0.1) is 5.92 Å². The maximum atomic E-state index is 3.61. The van der Waals surface area contributed by atoms with Gasteiger partial charge in [-0.3, -0.25) is 0 Å². The van der Waals surface area contributed by atoms with Gasteiger partial charge in [0.2, 0.25) is 0 Å². The molecule has 1 unspecified atom stereocenters. The molecule has 0 aromatic carbocycles. The molecule has 0 saturated carbocycles. The van der Waals surface area contributed by atoms with Crippen molar-refractivity contribution in [2.75, 3.05) is 13.1 Å². The Morgan fingerprint density at radius 3 is 1.73 bits per heavy atom. The fraction of sp³-hybridized carbons (Fsp3) is 1.00. The molecule has 1 N–H and O–H groups in total. The van der Waals surface area contributed by atoms with E-state index in [0.29, 0.717) is 0 Å². The fourth-order valence-electron chi connectivity index (χ4n) is 3.37. The van der Waals surface area contributed by atoms with E-state index in [9.17, 15) is 0 Å². The van der Waals surface area contributed by atoms with E-state index in [2.05, 4.69) is 26.1 Å². The number of unbranched alkanes of at least 4 members (excludes halogenated alkanes) is 8. The predicted molar refractivity (Wildman–Crippen MR) is 103 cm³/mol. The lowest BCUT2D eigenvalue weighted by molar-refractivity contribution is 0.380. The lowest BCUT2D eigenvalue weighted by atomic mass is 9.91. The van der Waals surface area contributed by atoms with E-state index >= 15 is 0 Å². The van der Waals surface area contributed by atoms with Crippen LogP contribution < -0.4 is 5.32 Å². The molecule has 0 rings (SSSR count). The zero-order chi connectivity index (χ0) is 16.3. The average Bonchev–Trinajstić information content (AvgIpc) is 2.53. The SMILES string of the molecule is CCCCCCCCCC(CCC)CCCNCCCCC. The summed E-state index contributed by atoms with van der Waals surface area (Å²) in [4.78, 5) is 0. The highest BCUT2D eigenvalue weighted by atomic mass is 14.8. The zero-order valence-electron chi connectivity index (χ0n) is 16.1. The van der Waals surface area contributed by atoms with Gasteiger partial charge < -0.3 is 5.32 Å². The van der Waals surface area contributed by atoms with Crippen LogP contribution in [0.1, 0.15) is 117 Å². The van der Waals surface area contributed by atoms with Gasteiger partial charge in [-0.1, -0.05) is 97.8 Å². The molecule has 0 aliphatic carbocycles. The first-order valence-electron chi connectivity index (χ1n) is 10.6. The van der Waals surface area contributed by atoms with Crippen LogP contribution in [0.25, 0.3) is 0 Å². The smallest absolute Gasteiger partial charge is 0.00488 e. The van der Waals surface area contributed by atoms with E-state index in [1.54, 1.807) is 0 Å². The average molecular weight is 312 g/mol. The second-order valence-corrected chi connectivity index (χ2v) is 7.16. The van der Waals surface area contributed by atoms with Gasteiger partial charge in [-0.15, -0.1) is 0 Å². The van der Waals surface area contributed by atoms with Crippen LogP contribution in [0.3, 0.4) is 0 Å². The minimum atomic E-state index is 0.998. The van der Waals surface area contributed by atoms with Crippen molar-refractivity contribution >= 4 is 0 Å². The van der Waals surface area contributed by atoms with Crippen molar-refractivity contribution in [1.29, 1.82) is 0 Å². The third-order valence-corrected chi connectivity index (χ3v) is 4.84. The summed E-state index contributed by atoms with van der Waals surface area (Å²) in [5.41, 5.74) is 0. The van der Waals surface area contributed by atoms with Crippen LogP contribution in [-0.4, -0.2) is 13.1 Å². The summed E-state index contributed by atoms with van der Waals surface area (Å²) < 4.78 is 0. The first kappa shape index (κ1) is 22.0. The third kappa shape index (κ3) is 16.3. The summed E-state index contributed by atoms with van der Waals surface area (Å²) in [6.45, 7) is 9.39.